The number of fused-ring (bicyclic) bond motifs is 1. The number of rotatable bonds is 5. The van der Waals surface area contributed by atoms with E-state index in [4.69, 9.17) is 13.9 Å². The summed E-state index contributed by atoms with van der Waals surface area (Å²) in [5.74, 6) is 1.65. The molecule has 4 rings (SSSR count). The van der Waals surface area contributed by atoms with Crippen LogP contribution in [0.15, 0.2) is 45.6 Å². The molecule has 8 heteroatoms. The number of tetrazole rings is 1. The molecule has 2 heterocycles. The Balaban J connectivity index is 1.70. The van der Waals surface area contributed by atoms with E-state index in [1.165, 1.54) is 10.9 Å². The topological polar surface area (TPSA) is 92.3 Å². The summed E-state index contributed by atoms with van der Waals surface area (Å²) in [6, 6.07) is 10.8. The molecule has 8 nitrogen and oxygen atoms in total. The van der Waals surface area contributed by atoms with E-state index in [1.807, 2.05) is 32.0 Å². The van der Waals surface area contributed by atoms with Crippen molar-refractivity contribution >= 4 is 11.0 Å². The quantitative estimate of drug-likeness (QED) is 0.482. The van der Waals surface area contributed by atoms with Gasteiger partial charge in [-0.25, -0.2) is 4.79 Å². The molecular weight excluding hydrogens is 372 g/mol. The molecule has 0 spiro atoms. The van der Waals surface area contributed by atoms with Crippen LogP contribution in [0.3, 0.4) is 0 Å². The Kier molecular flexibility index (Phi) is 4.75. The van der Waals surface area contributed by atoms with Crippen molar-refractivity contribution in [2.24, 2.45) is 0 Å². The molecule has 29 heavy (non-hydrogen) atoms. The summed E-state index contributed by atoms with van der Waals surface area (Å²) in [6.45, 7) is 4.30. The summed E-state index contributed by atoms with van der Waals surface area (Å²) >= 11 is 0. The smallest absolute Gasteiger partial charge is 0.336 e. The van der Waals surface area contributed by atoms with Gasteiger partial charge in [0.15, 0.2) is 11.5 Å². The Labute approximate surface area is 166 Å². The number of benzene rings is 2. The fourth-order valence-corrected chi connectivity index (χ4v) is 3.17. The highest BCUT2D eigenvalue weighted by atomic mass is 16.5. The highest BCUT2D eigenvalue weighted by Crippen LogP contribution is 2.30. The first-order valence-electron chi connectivity index (χ1n) is 9.02. The first-order chi connectivity index (χ1) is 14.0. The van der Waals surface area contributed by atoms with Crippen molar-refractivity contribution in [3.8, 4) is 22.9 Å². The lowest BCUT2D eigenvalue weighted by atomic mass is 10.0. The van der Waals surface area contributed by atoms with Gasteiger partial charge in [-0.15, -0.1) is 10.2 Å². The standard InChI is InChI=1S/C21H20N4O4/c1-12-7-16-15(10-20(26)29-18(16)8-13(12)2)11-25-23-21(22-24-25)14-5-6-17(27-3)19(9-14)28-4/h5-10H,11H2,1-4H3. The molecule has 4 aromatic rings. The molecule has 0 saturated heterocycles. The minimum atomic E-state index is -0.406. The van der Waals surface area contributed by atoms with Gasteiger partial charge in [-0.2, -0.15) is 4.80 Å². The van der Waals surface area contributed by atoms with Crippen LogP contribution >= 0.6 is 0 Å². The molecule has 0 N–H and O–H groups in total. The lowest BCUT2D eigenvalue weighted by Crippen LogP contribution is -2.08. The molecule has 2 aromatic heterocycles. The fourth-order valence-electron chi connectivity index (χ4n) is 3.17. The number of hydrogen-bond donors (Lipinski definition) is 0. The SMILES string of the molecule is COc1ccc(-c2nnn(Cc3cc(=O)oc4cc(C)c(C)cc34)n2)cc1OC. The summed E-state index contributed by atoms with van der Waals surface area (Å²) in [4.78, 5) is 13.4. The van der Waals surface area contributed by atoms with E-state index >= 15 is 0 Å². The van der Waals surface area contributed by atoms with Gasteiger partial charge in [-0.05, 0) is 66.1 Å². The maximum atomic E-state index is 12.0. The van der Waals surface area contributed by atoms with Crippen molar-refractivity contribution in [1.82, 2.24) is 20.2 Å². The molecule has 0 amide bonds. The summed E-state index contributed by atoms with van der Waals surface area (Å²) in [6.07, 6.45) is 0. The monoisotopic (exact) mass is 392 g/mol. The van der Waals surface area contributed by atoms with Crippen molar-refractivity contribution in [3.05, 3.63) is 63.5 Å². The predicted octanol–water partition coefficient (Wildman–Crippen LogP) is 3.13. The molecule has 0 atom stereocenters. The number of aryl methyl sites for hydroxylation is 2. The Morgan fingerprint density at radius 3 is 2.52 bits per heavy atom. The molecule has 0 bridgehead atoms. The normalized spacial score (nSPS) is 11.0. The number of hydrogen-bond acceptors (Lipinski definition) is 7. The molecule has 2 aromatic carbocycles. The van der Waals surface area contributed by atoms with E-state index in [-0.39, 0.29) is 0 Å². The predicted molar refractivity (Wildman–Crippen MR) is 107 cm³/mol. The zero-order valence-electron chi connectivity index (χ0n) is 16.6. The third-order valence-electron chi connectivity index (χ3n) is 4.85. The molecule has 0 radical (unpaired) electrons. The van der Waals surface area contributed by atoms with E-state index in [9.17, 15) is 4.79 Å². The minimum absolute atomic E-state index is 0.297. The summed E-state index contributed by atoms with van der Waals surface area (Å²) in [5, 5.41) is 13.6. The van der Waals surface area contributed by atoms with Gasteiger partial charge in [0.2, 0.25) is 5.82 Å². The third-order valence-corrected chi connectivity index (χ3v) is 4.85. The third kappa shape index (κ3) is 3.56. The van der Waals surface area contributed by atoms with Crippen LogP contribution in [-0.2, 0) is 6.54 Å². The molecule has 0 aliphatic carbocycles. The van der Waals surface area contributed by atoms with Gasteiger partial charge < -0.3 is 13.9 Å². The van der Waals surface area contributed by atoms with E-state index in [2.05, 4.69) is 15.4 Å². The van der Waals surface area contributed by atoms with Gasteiger partial charge in [0.25, 0.3) is 0 Å². The summed E-state index contributed by atoms with van der Waals surface area (Å²) in [5.41, 5.74) is 3.85. The molecular formula is C21H20N4O4. The molecule has 0 saturated carbocycles. The van der Waals surface area contributed by atoms with Crippen molar-refractivity contribution < 1.29 is 13.9 Å². The fraction of sp³-hybridized carbons (Fsp3) is 0.238. The van der Waals surface area contributed by atoms with E-state index in [0.717, 1.165) is 27.6 Å². The maximum Gasteiger partial charge on any atom is 0.336 e. The molecule has 148 valence electrons. The van der Waals surface area contributed by atoms with Crippen LogP contribution in [0.25, 0.3) is 22.4 Å². The highest BCUT2D eigenvalue weighted by Gasteiger charge is 2.13. The second-order valence-electron chi connectivity index (χ2n) is 6.74. The first-order valence-corrected chi connectivity index (χ1v) is 9.02. The molecule has 0 fully saturated rings. The van der Waals surface area contributed by atoms with Crippen LogP contribution < -0.4 is 15.1 Å². The largest absolute Gasteiger partial charge is 0.493 e. The van der Waals surface area contributed by atoms with Gasteiger partial charge in [0, 0.05) is 17.0 Å². The lowest BCUT2D eigenvalue weighted by Gasteiger charge is -2.08. The second-order valence-corrected chi connectivity index (χ2v) is 6.74. The number of methoxy groups -OCH3 is 2. The zero-order chi connectivity index (χ0) is 20.5. The second kappa shape index (κ2) is 7.38. The number of ether oxygens (including phenoxy) is 2. The minimum Gasteiger partial charge on any atom is -0.493 e. The van der Waals surface area contributed by atoms with Crippen LogP contribution in [0.5, 0.6) is 11.5 Å². The Morgan fingerprint density at radius 1 is 1.00 bits per heavy atom. The number of nitrogens with zero attached hydrogens (tertiary/aromatic N) is 4. The molecule has 0 unspecified atom stereocenters. The average molecular weight is 392 g/mol. The highest BCUT2D eigenvalue weighted by molar-refractivity contribution is 5.81. The maximum absolute atomic E-state index is 12.0. The van der Waals surface area contributed by atoms with E-state index in [0.29, 0.717) is 29.5 Å². The lowest BCUT2D eigenvalue weighted by molar-refractivity contribution is 0.355. The van der Waals surface area contributed by atoms with Crippen molar-refractivity contribution in [2.45, 2.75) is 20.4 Å². The van der Waals surface area contributed by atoms with Gasteiger partial charge in [-0.1, -0.05) is 0 Å². The Hall–Kier alpha value is -3.68. The van der Waals surface area contributed by atoms with Crippen LogP contribution in [0.4, 0.5) is 0 Å². The van der Waals surface area contributed by atoms with Crippen molar-refractivity contribution in [2.75, 3.05) is 14.2 Å². The number of aromatic nitrogens is 4. The van der Waals surface area contributed by atoms with Gasteiger partial charge in [0.1, 0.15) is 5.58 Å². The zero-order valence-corrected chi connectivity index (χ0v) is 16.6. The van der Waals surface area contributed by atoms with Gasteiger partial charge in [-0.3, -0.25) is 0 Å². The van der Waals surface area contributed by atoms with Crippen LogP contribution in [0.1, 0.15) is 16.7 Å². The van der Waals surface area contributed by atoms with Gasteiger partial charge >= 0.3 is 5.63 Å². The van der Waals surface area contributed by atoms with Crippen LogP contribution in [-0.4, -0.2) is 34.4 Å². The molecule has 0 aliphatic rings. The summed E-state index contributed by atoms with van der Waals surface area (Å²) < 4.78 is 15.9. The first kappa shape index (κ1) is 18.7. The van der Waals surface area contributed by atoms with Gasteiger partial charge in [0.05, 0.1) is 20.8 Å². The van der Waals surface area contributed by atoms with Crippen LogP contribution in [0.2, 0.25) is 0 Å². The average Bonchev–Trinajstić information content (AvgIpc) is 3.17. The summed E-state index contributed by atoms with van der Waals surface area (Å²) in [7, 11) is 3.15. The molecule has 0 aliphatic heterocycles. The Bertz CT molecular complexity index is 1260. The van der Waals surface area contributed by atoms with Crippen LogP contribution in [0, 0.1) is 13.8 Å². The van der Waals surface area contributed by atoms with Crippen molar-refractivity contribution in [1.29, 1.82) is 0 Å². The van der Waals surface area contributed by atoms with Crippen molar-refractivity contribution in [3.63, 3.8) is 0 Å². The van der Waals surface area contributed by atoms with E-state index < -0.39 is 5.63 Å². The van der Waals surface area contributed by atoms with E-state index in [1.54, 1.807) is 26.4 Å². The Morgan fingerprint density at radius 2 is 1.76 bits per heavy atom.